The van der Waals surface area contributed by atoms with Gasteiger partial charge in [-0.15, -0.1) is 0 Å². The SMILES string of the molecule is Cc1c(C(=O)N(CC(C)C)CC(C)C)oc2c1C(=O)CC(C)(C)C2. The fourth-order valence-corrected chi connectivity index (χ4v) is 3.55. The number of furan rings is 1. The third kappa shape index (κ3) is 3.90. The van der Waals surface area contributed by atoms with E-state index in [4.69, 9.17) is 4.42 Å². The molecule has 0 bridgehead atoms. The standard InChI is InChI=1S/C20H31NO3/c1-12(2)10-21(11-13(3)4)19(23)18-14(5)17-15(22)8-20(6,7)9-16(17)24-18/h12-13H,8-11H2,1-7H3. The molecule has 1 heterocycles. The first-order valence-corrected chi connectivity index (χ1v) is 8.96. The van der Waals surface area contributed by atoms with Crippen LogP contribution in [0.3, 0.4) is 0 Å². The van der Waals surface area contributed by atoms with Crippen molar-refractivity contribution in [3.05, 3.63) is 22.6 Å². The number of Topliss-reactive ketones (excluding diaryl/α,β-unsaturated/α-hetero) is 1. The largest absolute Gasteiger partial charge is 0.455 e. The Morgan fingerprint density at radius 2 is 1.67 bits per heavy atom. The summed E-state index contributed by atoms with van der Waals surface area (Å²) in [7, 11) is 0. The molecule has 0 saturated carbocycles. The molecule has 134 valence electrons. The number of fused-ring (bicyclic) bond motifs is 1. The van der Waals surface area contributed by atoms with Crippen LogP contribution in [0, 0.1) is 24.2 Å². The summed E-state index contributed by atoms with van der Waals surface area (Å²) >= 11 is 0. The summed E-state index contributed by atoms with van der Waals surface area (Å²) < 4.78 is 5.94. The number of nitrogens with zero attached hydrogens (tertiary/aromatic N) is 1. The quantitative estimate of drug-likeness (QED) is 0.797. The van der Waals surface area contributed by atoms with Crippen LogP contribution in [0.25, 0.3) is 0 Å². The molecule has 1 amide bonds. The summed E-state index contributed by atoms with van der Waals surface area (Å²) in [6, 6.07) is 0. The third-order valence-corrected chi connectivity index (χ3v) is 4.43. The van der Waals surface area contributed by atoms with Crippen molar-refractivity contribution in [3.63, 3.8) is 0 Å². The van der Waals surface area contributed by atoms with Crippen molar-refractivity contribution in [1.82, 2.24) is 4.90 Å². The molecule has 0 saturated heterocycles. The lowest BCUT2D eigenvalue weighted by atomic mass is 9.76. The first kappa shape index (κ1) is 18.8. The molecule has 2 rings (SSSR count). The first-order chi connectivity index (χ1) is 11.0. The van der Waals surface area contributed by atoms with E-state index in [0.717, 1.165) is 0 Å². The van der Waals surface area contributed by atoms with Crippen LogP contribution in [0.1, 0.15) is 80.2 Å². The molecule has 1 aromatic heterocycles. The summed E-state index contributed by atoms with van der Waals surface area (Å²) in [6.45, 7) is 15.8. The van der Waals surface area contributed by atoms with Crippen LogP contribution in [0.2, 0.25) is 0 Å². The van der Waals surface area contributed by atoms with Crippen molar-refractivity contribution in [2.75, 3.05) is 13.1 Å². The topological polar surface area (TPSA) is 50.5 Å². The van der Waals surface area contributed by atoms with Gasteiger partial charge in [0.15, 0.2) is 11.5 Å². The lowest BCUT2D eigenvalue weighted by Crippen LogP contribution is -2.37. The normalized spacial score (nSPS) is 16.6. The average Bonchev–Trinajstić information content (AvgIpc) is 2.71. The maximum atomic E-state index is 13.0. The van der Waals surface area contributed by atoms with Crippen molar-refractivity contribution in [3.8, 4) is 0 Å². The van der Waals surface area contributed by atoms with E-state index in [1.165, 1.54) is 0 Å². The fraction of sp³-hybridized carbons (Fsp3) is 0.700. The van der Waals surface area contributed by atoms with Gasteiger partial charge in [-0.25, -0.2) is 0 Å². The van der Waals surface area contributed by atoms with Gasteiger partial charge in [0, 0.05) is 31.5 Å². The highest BCUT2D eigenvalue weighted by Crippen LogP contribution is 2.38. The first-order valence-electron chi connectivity index (χ1n) is 8.96. The van der Waals surface area contributed by atoms with Gasteiger partial charge >= 0.3 is 0 Å². The van der Waals surface area contributed by atoms with Gasteiger partial charge in [0.05, 0.1) is 5.56 Å². The summed E-state index contributed by atoms with van der Waals surface area (Å²) in [5, 5.41) is 0. The van der Waals surface area contributed by atoms with Gasteiger partial charge in [0.25, 0.3) is 5.91 Å². The van der Waals surface area contributed by atoms with E-state index in [1.807, 2.05) is 11.8 Å². The maximum Gasteiger partial charge on any atom is 0.289 e. The number of amides is 1. The molecule has 1 aliphatic carbocycles. The molecule has 0 aliphatic heterocycles. The Labute approximate surface area is 145 Å². The Hall–Kier alpha value is -1.58. The fourth-order valence-electron chi connectivity index (χ4n) is 3.55. The number of rotatable bonds is 5. The molecule has 24 heavy (non-hydrogen) atoms. The zero-order valence-electron chi connectivity index (χ0n) is 16.2. The highest BCUT2D eigenvalue weighted by atomic mass is 16.4. The summed E-state index contributed by atoms with van der Waals surface area (Å²) in [5.74, 6) is 1.82. The molecule has 0 aromatic carbocycles. The molecule has 1 aliphatic rings. The van der Waals surface area contributed by atoms with E-state index >= 15 is 0 Å². The van der Waals surface area contributed by atoms with E-state index in [1.54, 1.807) is 0 Å². The minimum absolute atomic E-state index is 0.0880. The maximum absolute atomic E-state index is 13.0. The highest BCUT2D eigenvalue weighted by Gasteiger charge is 2.37. The molecule has 0 radical (unpaired) electrons. The Bertz CT molecular complexity index is 628. The molecule has 4 heteroatoms. The lowest BCUT2D eigenvalue weighted by Gasteiger charge is -2.27. The lowest BCUT2D eigenvalue weighted by molar-refractivity contribution is 0.0677. The summed E-state index contributed by atoms with van der Waals surface area (Å²) in [6.07, 6.45) is 1.21. The Morgan fingerprint density at radius 3 is 2.17 bits per heavy atom. The van der Waals surface area contributed by atoms with E-state index in [0.29, 0.717) is 60.4 Å². The number of carbonyl (C=O) groups excluding carboxylic acids is 2. The molecule has 0 fully saturated rings. The second-order valence-corrected chi connectivity index (χ2v) is 8.79. The molecule has 0 unspecified atom stereocenters. The van der Waals surface area contributed by atoms with Crippen LogP contribution in [0.4, 0.5) is 0 Å². The zero-order chi connectivity index (χ0) is 18.2. The van der Waals surface area contributed by atoms with Crippen LogP contribution in [-0.4, -0.2) is 29.7 Å². The molecule has 0 atom stereocenters. The van der Waals surface area contributed by atoms with E-state index in [-0.39, 0.29) is 17.1 Å². The Balaban J connectivity index is 2.38. The molecule has 0 N–H and O–H groups in total. The van der Waals surface area contributed by atoms with Gasteiger partial charge in [0.1, 0.15) is 5.76 Å². The molecular formula is C20H31NO3. The second-order valence-electron chi connectivity index (χ2n) is 8.79. The van der Waals surface area contributed by atoms with Crippen LogP contribution in [0.5, 0.6) is 0 Å². The minimum Gasteiger partial charge on any atom is -0.455 e. The Kier molecular flexibility index (Phi) is 5.26. The van der Waals surface area contributed by atoms with E-state index in [2.05, 4.69) is 41.5 Å². The van der Waals surface area contributed by atoms with Gasteiger partial charge < -0.3 is 9.32 Å². The van der Waals surface area contributed by atoms with E-state index in [9.17, 15) is 9.59 Å². The van der Waals surface area contributed by atoms with Gasteiger partial charge in [-0.3, -0.25) is 9.59 Å². The predicted octanol–water partition coefficient (Wildman–Crippen LogP) is 4.50. The summed E-state index contributed by atoms with van der Waals surface area (Å²) in [4.78, 5) is 27.4. The molecule has 1 aromatic rings. The summed E-state index contributed by atoms with van der Waals surface area (Å²) in [5.41, 5.74) is 1.25. The third-order valence-electron chi connectivity index (χ3n) is 4.43. The van der Waals surface area contributed by atoms with Gasteiger partial charge in [-0.1, -0.05) is 41.5 Å². The smallest absolute Gasteiger partial charge is 0.289 e. The molecule has 0 spiro atoms. The average molecular weight is 333 g/mol. The van der Waals surface area contributed by atoms with Gasteiger partial charge in [0.2, 0.25) is 0 Å². The monoisotopic (exact) mass is 333 g/mol. The number of ketones is 1. The molecule has 4 nitrogen and oxygen atoms in total. The number of hydrogen-bond acceptors (Lipinski definition) is 3. The van der Waals surface area contributed by atoms with E-state index < -0.39 is 0 Å². The minimum atomic E-state index is -0.107. The number of hydrogen-bond donors (Lipinski definition) is 0. The second kappa shape index (κ2) is 6.73. The Morgan fingerprint density at radius 1 is 1.12 bits per heavy atom. The van der Waals surface area contributed by atoms with Crippen LogP contribution < -0.4 is 0 Å². The zero-order valence-corrected chi connectivity index (χ0v) is 16.2. The van der Waals surface area contributed by atoms with Crippen molar-refractivity contribution in [2.45, 2.75) is 61.3 Å². The van der Waals surface area contributed by atoms with Crippen LogP contribution in [-0.2, 0) is 6.42 Å². The highest BCUT2D eigenvalue weighted by molar-refractivity contribution is 6.03. The van der Waals surface area contributed by atoms with Crippen LogP contribution >= 0.6 is 0 Å². The van der Waals surface area contributed by atoms with Crippen molar-refractivity contribution >= 4 is 11.7 Å². The van der Waals surface area contributed by atoms with Crippen molar-refractivity contribution in [1.29, 1.82) is 0 Å². The predicted molar refractivity (Wildman–Crippen MR) is 95.5 cm³/mol. The van der Waals surface area contributed by atoms with Crippen molar-refractivity contribution in [2.24, 2.45) is 17.3 Å². The van der Waals surface area contributed by atoms with Gasteiger partial charge in [-0.2, -0.15) is 0 Å². The molecular weight excluding hydrogens is 302 g/mol. The van der Waals surface area contributed by atoms with Gasteiger partial charge in [-0.05, 0) is 24.2 Å². The van der Waals surface area contributed by atoms with Crippen LogP contribution in [0.15, 0.2) is 4.42 Å². The van der Waals surface area contributed by atoms with Crippen molar-refractivity contribution < 1.29 is 14.0 Å². The number of carbonyl (C=O) groups is 2.